The van der Waals surface area contributed by atoms with E-state index in [1.807, 2.05) is 0 Å². The predicted molar refractivity (Wildman–Crippen MR) is 74.0 cm³/mol. The first-order chi connectivity index (χ1) is 9.29. The fraction of sp³-hybridized carbons (Fsp3) is 0.0833. The van der Waals surface area contributed by atoms with E-state index in [2.05, 4.69) is 9.71 Å². The van der Waals surface area contributed by atoms with Gasteiger partial charge in [0.05, 0.1) is 5.69 Å². The maximum absolute atomic E-state index is 13.6. The van der Waals surface area contributed by atoms with Crippen molar-refractivity contribution in [3.63, 3.8) is 0 Å². The molecule has 1 aromatic heterocycles. The minimum atomic E-state index is -4.03. The lowest BCUT2D eigenvalue weighted by molar-refractivity contribution is 0.598. The number of anilines is 1. The summed E-state index contributed by atoms with van der Waals surface area (Å²) < 4.78 is 39.8. The number of rotatable bonds is 3. The normalized spacial score (nSPS) is 11.3. The van der Waals surface area contributed by atoms with E-state index in [9.17, 15) is 17.6 Å². The zero-order valence-electron chi connectivity index (χ0n) is 10.3. The average Bonchev–Trinajstić information content (AvgIpc) is 2.36. The molecule has 1 aromatic carbocycles. The van der Waals surface area contributed by atoms with Crippen LogP contribution in [0.4, 0.5) is 10.1 Å². The lowest BCUT2D eigenvalue weighted by Gasteiger charge is -2.09. The second kappa shape index (κ2) is 5.26. The second-order valence-electron chi connectivity index (χ2n) is 4.10. The van der Waals surface area contributed by atoms with Crippen LogP contribution in [0.1, 0.15) is 5.56 Å². The van der Waals surface area contributed by atoms with Crippen molar-refractivity contribution in [3.05, 3.63) is 57.2 Å². The van der Waals surface area contributed by atoms with E-state index in [0.29, 0.717) is 5.56 Å². The summed E-state index contributed by atoms with van der Waals surface area (Å²) >= 11 is 5.56. The molecule has 0 saturated carbocycles. The summed E-state index contributed by atoms with van der Waals surface area (Å²) in [5.41, 5.74) is -0.123. The monoisotopic (exact) mass is 316 g/mol. The molecule has 20 heavy (non-hydrogen) atoms. The van der Waals surface area contributed by atoms with Gasteiger partial charge in [-0.05, 0) is 30.7 Å². The maximum atomic E-state index is 13.6. The number of pyridine rings is 1. The number of aryl methyl sites for hydroxylation is 1. The summed E-state index contributed by atoms with van der Waals surface area (Å²) in [6.45, 7) is 1.68. The molecule has 0 aliphatic heterocycles. The van der Waals surface area contributed by atoms with Crippen LogP contribution in [0, 0.1) is 12.7 Å². The first-order valence-electron chi connectivity index (χ1n) is 5.47. The van der Waals surface area contributed by atoms with Crippen LogP contribution >= 0.6 is 11.6 Å². The molecular formula is C12H10ClFN2O3S. The van der Waals surface area contributed by atoms with Crippen LogP contribution in [0.3, 0.4) is 0 Å². The molecule has 0 spiro atoms. The first kappa shape index (κ1) is 14.5. The number of hydrogen-bond acceptors (Lipinski definition) is 3. The summed E-state index contributed by atoms with van der Waals surface area (Å²) in [4.78, 5) is 13.0. The Morgan fingerprint density at radius 3 is 2.60 bits per heavy atom. The third-order valence-corrected chi connectivity index (χ3v) is 4.14. The van der Waals surface area contributed by atoms with Gasteiger partial charge in [-0.15, -0.1) is 0 Å². The number of aromatic amines is 1. The molecule has 0 saturated heterocycles. The quantitative estimate of drug-likeness (QED) is 0.911. The van der Waals surface area contributed by atoms with E-state index in [1.54, 1.807) is 13.0 Å². The molecular weight excluding hydrogens is 307 g/mol. The molecule has 0 aliphatic rings. The molecule has 0 bridgehead atoms. The number of nitrogens with one attached hydrogen (secondary N) is 2. The summed E-state index contributed by atoms with van der Waals surface area (Å²) in [7, 11) is -4.03. The molecule has 2 rings (SSSR count). The lowest BCUT2D eigenvalue weighted by Crippen LogP contribution is -2.16. The molecule has 0 atom stereocenters. The average molecular weight is 317 g/mol. The van der Waals surface area contributed by atoms with Crippen LogP contribution in [0.15, 0.2) is 40.2 Å². The molecule has 1 heterocycles. The Bertz CT molecular complexity index is 818. The van der Waals surface area contributed by atoms with Crippen molar-refractivity contribution < 1.29 is 12.8 Å². The molecule has 5 nitrogen and oxygen atoms in total. The predicted octanol–water partition coefficient (Wildman–Crippen LogP) is 2.28. The van der Waals surface area contributed by atoms with Crippen LogP contribution in [0.5, 0.6) is 0 Å². The fourth-order valence-electron chi connectivity index (χ4n) is 1.50. The van der Waals surface area contributed by atoms with Crippen molar-refractivity contribution in [1.82, 2.24) is 4.98 Å². The standard InChI is InChI=1S/C12H10ClFN2O3S/c1-7-2-3-11(10(14)4-7)16-20(18,19)8-5-9(13)12(17)15-6-8/h2-6,16H,1H3,(H,15,17). The highest BCUT2D eigenvalue weighted by Gasteiger charge is 2.17. The zero-order valence-corrected chi connectivity index (χ0v) is 11.8. The van der Waals surface area contributed by atoms with Crippen LogP contribution in [-0.2, 0) is 10.0 Å². The Morgan fingerprint density at radius 1 is 1.30 bits per heavy atom. The molecule has 2 N–H and O–H groups in total. The number of H-pyrrole nitrogens is 1. The molecule has 0 unspecified atom stereocenters. The van der Waals surface area contributed by atoms with Gasteiger partial charge >= 0.3 is 0 Å². The van der Waals surface area contributed by atoms with E-state index < -0.39 is 21.4 Å². The van der Waals surface area contributed by atoms with Gasteiger partial charge in [0.25, 0.3) is 15.6 Å². The van der Waals surface area contributed by atoms with Gasteiger partial charge in [-0.2, -0.15) is 0 Å². The van der Waals surface area contributed by atoms with Crippen molar-refractivity contribution in [2.24, 2.45) is 0 Å². The molecule has 8 heteroatoms. The SMILES string of the molecule is Cc1ccc(NS(=O)(=O)c2c[nH]c(=O)c(Cl)c2)c(F)c1. The minimum absolute atomic E-state index is 0.182. The molecule has 0 amide bonds. The van der Waals surface area contributed by atoms with E-state index in [1.165, 1.54) is 12.1 Å². The molecule has 106 valence electrons. The van der Waals surface area contributed by atoms with E-state index in [0.717, 1.165) is 12.3 Å². The van der Waals surface area contributed by atoms with Gasteiger partial charge in [-0.3, -0.25) is 9.52 Å². The fourth-order valence-corrected chi connectivity index (χ4v) is 2.80. The van der Waals surface area contributed by atoms with Crippen molar-refractivity contribution >= 4 is 27.3 Å². The summed E-state index contributed by atoms with van der Waals surface area (Å²) in [6.07, 6.45) is 0.989. The number of benzene rings is 1. The Balaban J connectivity index is 2.40. The number of hydrogen-bond donors (Lipinski definition) is 2. The summed E-state index contributed by atoms with van der Waals surface area (Å²) in [6, 6.07) is 5.09. The molecule has 0 fully saturated rings. The first-order valence-corrected chi connectivity index (χ1v) is 7.33. The number of halogens is 2. The zero-order chi connectivity index (χ0) is 14.9. The van der Waals surface area contributed by atoms with Crippen molar-refractivity contribution in [2.45, 2.75) is 11.8 Å². The molecule has 2 aromatic rings. The van der Waals surface area contributed by atoms with Gasteiger partial charge in [-0.25, -0.2) is 12.8 Å². The number of aromatic nitrogens is 1. The van der Waals surface area contributed by atoms with E-state index in [4.69, 9.17) is 11.6 Å². The number of sulfonamides is 1. The van der Waals surface area contributed by atoms with Gasteiger partial charge in [0.2, 0.25) is 0 Å². The third-order valence-electron chi connectivity index (χ3n) is 2.51. The van der Waals surface area contributed by atoms with Gasteiger partial charge in [0, 0.05) is 6.20 Å². The van der Waals surface area contributed by atoms with Crippen molar-refractivity contribution in [1.29, 1.82) is 0 Å². The molecule has 0 aliphatic carbocycles. The Labute approximate surface area is 119 Å². The van der Waals surface area contributed by atoms with Crippen LogP contribution in [0.25, 0.3) is 0 Å². The van der Waals surface area contributed by atoms with Crippen molar-refractivity contribution in [3.8, 4) is 0 Å². The van der Waals surface area contributed by atoms with Crippen LogP contribution < -0.4 is 10.3 Å². The topological polar surface area (TPSA) is 79.0 Å². The Hall–Kier alpha value is -1.86. The largest absolute Gasteiger partial charge is 0.326 e. The third kappa shape index (κ3) is 3.00. The highest BCUT2D eigenvalue weighted by atomic mass is 35.5. The smallest absolute Gasteiger partial charge is 0.266 e. The summed E-state index contributed by atoms with van der Waals surface area (Å²) in [5, 5.41) is -0.266. The minimum Gasteiger partial charge on any atom is -0.326 e. The highest BCUT2D eigenvalue weighted by Crippen LogP contribution is 2.20. The second-order valence-corrected chi connectivity index (χ2v) is 6.19. The lowest BCUT2D eigenvalue weighted by atomic mass is 10.2. The van der Waals surface area contributed by atoms with Gasteiger partial charge < -0.3 is 4.98 Å². The van der Waals surface area contributed by atoms with Gasteiger partial charge in [0.15, 0.2) is 0 Å². The van der Waals surface area contributed by atoms with E-state index in [-0.39, 0.29) is 15.6 Å². The van der Waals surface area contributed by atoms with Gasteiger partial charge in [-0.1, -0.05) is 17.7 Å². The Morgan fingerprint density at radius 2 is 2.00 bits per heavy atom. The van der Waals surface area contributed by atoms with Gasteiger partial charge in [0.1, 0.15) is 15.7 Å². The van der Waals surface area contributed by atoms with Crippen LogP contribution in [0.2, 0.25) is 5.02 Å². The molecule has 0 radical (unpaired) electrons. The summed E-state index contributed by atoms with van der Waals surface area (Å²) in [5.74, 6) is -0.691. The highest BCUT2D eigenvalue weighted by molar-refractivity contribution is 7.92. The van der Waals surface area contributed by atoms with E-state index >= 15 is 0 Å². The maximum Gasteiger partial charge on any atom is 0.266 e. The Kier molecular flexibility index (Phi) is 3.82. The van der Waals surface area contributed by atoms with Crippen LogP contribution in [-0.4, -0.2) is 13.4 Å². The van der Waals surface area contributed by atoms with Crippen molar-refractivity contribution in [2.75, 3.05) is 4.72 Å².